The highest BCUT2D eigenvalue weighted by atomic mass is 32.1. The fourth-order valence-electron chi connectivity index (χ4n) is 7.49. The molecular weight excluding hydrogens is 506 g/mol. The predicted octanol–water partition coefficient (Wildman–Crippen LogP) is 7.16. The van der Waals surface area contributed by atoms with E-state index in [0.717, 1.165) is 49.0 Å². The number of fused-ring (bicyclic) bond motifs is 7. The Labute approximate surface area is 234 Å². The largest absolute Gasteiger partial charge is 0.497 e. The number of esters is 1. The summed E-state index contributed by atoms with van der Waals surface area (Å²) in [6.45, 7) is 4.48. The van der Waals surface area contributed by atoms with Gasteiger partial charge in [0.25, 0.3) is 0 Å². The fraction of sp³-hybridized carbons (Fsp3) is 0.394. The third-order valence-electron chi connectivity index (χ3n) is 9.22. The van der Waals surface area contributed by atoms with Crippen molar-refractivity contribution in [3.05, 3.63) is 87.3 Å². The fourth-order valence-corrected chi connectivity index (χ4v) is 8.88. The van der Waals surface area contributed by atoms with Crippen LogP contribution in [0, 0.1) is 11.8 Å². The van der Waals surface area contributed by atoms with Gasteiger partial charge in [-0.1, -0.05) is 43.3 Å². The van der Waals surface area contributed by atoms with Gasteiger partial charge in [-0.3, -0.25) is 4.79 Å². The Balaban J connectivity index is 1.31. The van der Waals surface area contributed by atoms with E-state index >= 15 is 0 Å². The third-order valence-corrected chi connectivity index (χ3v) is 10.4. The van der Waals surface area contributed by atoms with E-state index in [4.69, 9.17) is 9.47 Å². The Morgan fingerprint density at radius 3 is 2.74 bits per heavy atom. The molecule has 1 aromatic heterocycles. The Hall–Kier alpha value is -3.38. The van der Waals surface area contributed by atoms with Crippen LogP contribution in [0.2, 0.25) is 0 Å². The molecule has 1 amide bonds. The zero-order valence-electron chi connectivity index (χ0n) is 22.8. The molecule has 3 aromatic rings. The van der Waals surface area contributed by atoms with Gasteiger partial charge in [-0.15, -0.1) is 11.3 Å². The highest BCUT2D eigenvalue weighted by molar-refractivity contribution is 7.17. The SMILES string of the molecule is CCOC(=O)c1c(NC(=O)/C=C/c2ccccc2)sc2c1[C@]1(C)CC[C@@H]3c4ccc(OC)cc4CC[C@H]3[C@@H]1C2. The number of aryl methyl sites for hydroxylation is 1. The number of benzene rings is 2. The molecule has 0 spiro atoms. The molecule has 0 unspecified atom stereocenters. The molecule has 2 aromatic carbocycles. The van der Waals surface area contributed by atoms with Crippen molar-refractivity contribution in [2.45, 2.75) is 57.3 Å². The quantitative estimate of drug-likeness (QED) is 0.266. The van der Waals surface area contributed by atoms with Gasteiger partial charge in [0.05, 0.1) is 19.3 Å². The van der Waals surface area contributed by atoms with E-state index in [2.05, 4.69) is 30.4 Å². The Morgan fingerprint density at radius 1 is 1.15 bits per heavy atom. The van der Waals surface area contributed by atoms with Crippen molar-refractivity contribution in [2.24, 2.45) is 11.8 Å². The smallest absolute Gasteiger partial charge is 0.341 e. The number of anilines is 1. The van der Waals surface area contributed by atoms with E-state index in [1.807, 2.05) is 37.3 Å². The zero-order chi connectivity index (χ0) is 27.1. The first-order valence-electron chi connectivity index (χ1n) is 14.0. The number of carbonyl (C=O) groups excluding carboxylic acids is 2. The molecule has 1 fully saturated rings. The molecule has 0 aliphatic heterocycles. The van der Waals surface area contributed by atoms with Gasteiger partial charge in [0, 0.05) is 11.0 Å². The summed E-state index contributed by atoms with van der Waals surface area (Å²) in [5, 5.41) is 3.64. The molecule has 0 saturated heterocycles. The van der Waals surface area contributed by atoms with Gasteiger partial charge in [0.1, 0.15) is 10.8 Å². The van der Waals surface area contributed by atoms with Gasteiger partial charge < -0.3 is 14.8 Å². The Kier molecular flexibility index (Phi) is 6.84. The van der Waals surface area contributed by atoms with Crippen molar-refractivity contribution in [1.29, 1.82) is 0 Å². The van der Waals surface area contributed by atoms with Crippen LogP contribution in [0.3, 0.4) is 0 Å². The first-order chi connectivity index (χ1) is 18.9. The number of ether oxygens (including phenoxy) is 2. The average Bonchev–Trinajstić information content (AvgIpc) is 3.45. The Morgan fingerprint density at radius 2 is 1.97 bits per heavy atom. The van der Waals surface area contributed by atoms with Crippen LogP contribution < -0.4 is 10.1 Å². The summed E-state index contributed by atoms with van der Waals surface area (Å²) in [5.74, 6) is 1.95. The van der Waals surface area contributed by atoms with Gasteiger partial charge in [-0.05, 0) is 103 Å². The maximum absolute atomic E-state index is 13.4. The number of carbonyl (C=O) groups is 2. The summed E-state index contributed by atoms with van der Waals surface area (Å²) in [7, 11) is 1.73. The van der Waals surface area contributed by atoms with E-state index in [9.17, 15) is 9.59 Å². The molecule has 202 valence electrons. The monoisotopic (exact) mass is 541 g/mol. The van der Waals surface area contributed by atoms with Crippen molar-refractivity contribution >= 4 is 34.3 Å². The van der Waals surface area contributed by atoms with E-state index in [1.165, 1.54) is 22.1 Å². The van der Waals surface area contributed by atoms with Crippen LogP contribution in [-0.2, 0) is 27.8 Å². The molecule has 5 nitrogen and oxygen atoms in total. The average molecular weight is 542 g/mol. The summed E-state index contributed by atoms with van der Waals surface area (Å²) in [4.78, 5) is 27.5. The number of amides is 1. The van der Waals surface area contributed by atoms with Gasteiger partial charge in [0.15, 0.2) is 0 Å². The molecule has 1 N–H and O–H groups in total. The summed E-state index contributed by atoms with van der Waals surface area (Å²) in [6.07, 6.45) is 8.59. The lowest BCUT2D eigenvalue weighted by atomic mass is 9.54. The van der Waals surface area contributed by atoms with Crippen molar-refractivity contribution in [1.82, 2.24) is 0 Å². The number of methoxy groups -OCH3 is 1. The van der Waals surface area contributed by atoms with Gasteiger partial charge in [-0.25, -0.2) is 4.79 Å². The minimum Gasteiger partial charge on any atom is -0.497 e. The standard InChI is InChI=1S/C33H35NO4S/c1-4-38-32(36)29-30-27(39-31(29)34-28(35)15-10-20-8-6-5-7-9-20)19-26-25-13-11-21-18-22(37-3)12-14-23(21)24(25)16-17-33(26,30)2/h5-10,12,14-15,18,24-26H,4,11,13,16-17,19H2,1-3H3,(H,34,35)/b15-10+/t24-,25-,26+,33-/m1/s1. The molecule has 3 aliphatic carbocycles. The van der Waals surface area contributed by atoms with Crippen LogP contribution in [0.25, 0.3) is 6.08 Å². The van der Waals surface area contributed by atoms with Crippen LogP contribution in [-0.4, -0.2) is 25.6 Å². The second-order valence-corrected chi connectivity index (χ2v) is 12.3. The van der Waals surface area contributed by atoms with Crippen molar-refractivity contribution < 1.29 is 19.1 Å². The summed E-state index contributed by atoms with van der Waals surface area (Å²) >= 11 is 1.56. The van der Waals surface area contributed by atoms with Crippen LogP contribution in [0.15, 0.2) is 54.6 Å². The molecule has 6 rings (SSSR count). The zero-order valence-corrected chi connectivity index (χ0v) is 23.6. The van der Waals surface area contributed by atoms with Crippen LogP contribution in [0.1, 0.15) is 76.5 Å². The summed E-state index contributed by atoms with van der Waals surface area (Å²) < 4.78 is 11.0. The van der Waals surface area contributed by atoms with Gasteiger partial charge in [0.2, 0.25) is 5.91 Å². The molecule has 1 heterocycles. The molecule has 0 radical (unpaired) electrons. The minimum atomic E-state index is -0.331. The van der Waals surface area contributed by atoms with Crippen LogP contribution in [0.5, 0.6) is 5.75 Å². The molecule has 1 saturated carbocycles. The van der Waals surface area contributed by atoms with Gasteiger partial charge >= 0.3 is 5.97 Å². The number of thiophene rings is 1. The topological polar surface area (TPSA) is 64.6 Å². The number of hydrogen-bond donors (Lipinski definition) is 1. The molecule has 3 aliphatic rings. The summed E-state index contributed by atoms with van der Waals surface area (Å²) in [5.41, 5.74) is 5.44. The van der Waals surface area contributed by atoms with E-state index < -0.39 is 0 Å². The van der Waals surface area contributed by atoms with E-state index in [0.29, 0.717) is 34.9 Å². The maximum atomic E-state index is 13.4. The van der Waals surface area contributed by atoms with Crippen molar-refractivity contribution in [3.8, 4) is 5.75 Å². The summed E-state index contributed by atoms with van der Waals surface area (Å²) in [6, 6.07) is 16.3. The van der Waals surface area contributed by atoms with Crippen molar-refractivity contribution in [2.75, 3.05) is 19.0 Å². The van der Waals surface area contributed by atoms with Crippen molar-refractivity contribution in [3.63, 3.8) is 0 Å². The number of nitrogens with one attached hydrogen (secondary N) is 1. The third kappa shape index (κ3) is 4.49. The normalized spacial score (nSPS) is 24.8. The van der Waals surface area contributed by atoms with E-state index in [-0.39, 0.29) is 17.3 Å². The molecule has 0 bridgehead atoms. The maximum Gasteiger partial charge on any atom is 0.341 e. The Bertz CT molecular complexity index is 1440. The first kappa shape index (κ1) is 25.9. The van der Waals surface area contributed by atoms with E-state index in [1.54, 1.807) is 24.5 Å². The second kappa shape index (κ2) is 10.3. The van der Waals surface area contributed by atoms with Crippen LogP contribution in [0.4, 0.5) is 5.00 Å². The van der Waals surface area contributed by atoms with Crippen LogP contribution >= 0.6 is 11.3 Å². The second-order valence-electron chi connectivity index (χ2n) is 11.2. The minimum absolute atomic E-state index is 0.109. The lowest BCUT2D eigenvalue weighted by Crippen LogP contribution is -2.43. The first-order valence-corrected chi connectivity index (χ1v) is 14.8. The number of hydrogen-bond acceptors (Lipinski definition) is 5. The highest BCUT2D eigenvalue weighted by Gasteiger charge is 2.55. The highest BCUT2D eigenvalue weighted by Crippen LogP contribution is 2.63. The lowest BCUT2D eigenvalue weighted by Gasteiger charge is -2.49. The molecular formula is C33H35NO4S. The lowest BCUT2D eigenvalue weighted by molar-refractivity contribution is -0.111. The molecule has 39 heavy (non-hydrogen) atoms. The van der Waals surface area contributed by atoms with Gasteiger partial charge in [-0.2, -0.15) is 0 Å². The predicted molar refractivity (Wildman–Crippen MR) is 156 cm³/mol. The molecule has 6 heteroatoms. The molecule has 4 atom stereocenters. The number of rotatable bonds is 6.